The molecule has 0 saturated heterocycles. The van der Waals surface area contributed by atoms with Crippen LogP contribution in [0.5, 0.6) is 11.5 Å². The number of furan rings is 1. The van der Waals surface area contributed by atoms with Gasteiger partial charge in [0.05, 0.1) is 39.1 Å². The first-order chi connectivity index (χ1) is 12.6. The van der Waals surface area contributed by atoms with Gasteiger partial charge in [0.1, 0.15) is 23.0 Å². The van der Waals surface area contributed by atoms with Crippen molar-refractivity contribution in [3.63, 3.8) is 0 Å². The van der Waals surface area contributed by atoms with Crippen molar-refractivity contribution in [3.8, 4) is 11.5 Å². The number of benzene rings is 1. The number of carbonyl (C=O) groups is 2. The summed E-state index contributed by atoms with van der Waals surface area (Å²) < 4.78 is 15.7. The topological polar surface area (TPSA) is 106 Å². The fourth-order valence-corrected chi connectivity index (χ4v) is 2.56. The minimum absolute atomic E-state index is 0.150. The lowest BCUT2D eigenvalue weighted by molar-refractivity contribution is -0.120. The molecule has 8 heteroatoms. The van der Waals surface area contributed by atoms with Crippen molar-refractivity contribution in [1.82, 2.24) is 15.6 Å². The van der Waals surface area contributed by atoms with E-state index in [-0.39, 0.29) is 19.0 Å². The third kappa shape index (κ3) is 3.64. The smallest absolute Gasteiger partial charge is 0.268 e. The molecule has 0 aliphatic carbocycles. The van der Waals surface area contributed by atoms with E-state index in [1.807, 2.05) is 0 Å². The number of methoxy groups -OCH3 is 2. The summed E-state index contributed by atoms with van der Waals surface area (Å²) in [4.78, 5) is 27.2. The molecular weight excluding hydrogens is 338 g/mol. The van der Waals surface area contributed by atoms with Crippen LogP contribution in [0.4, 0.5) is 0 Å². The van der Waals surface area contributed by atoms with E-state index in [0.717, 1.165) is 5.39 Å². The van der Waals surface area contributed by atoms with Crippen LogP contribution in [-0.2, 0) is 11.3 Å². The Bertz CT molecular complexity index is 873. The molecule has 8 nitrogen and oxygen atoms in total. The lowest BCUT2D eigenvalue weighted by Crippen LogP contribution is -2.36. The quantitative estimate of drug-likeness (QED) is 0.598. The second kappa shape index (κ2) is 7.64. The zero-order valence-electron chi connectivity index (χ0n) is 14.4. The lowest BCUT2D eigenvalue weighted by atomic mass is 10.2. The molecule has 2 amide bonds. The number of H-pyrrole nitrogens is 1. The van der Waals surface area contributed by atoms with Gasteiger partial charge in [-0.2, -0.15) is 0 Å². The maximum atomic E-state index is 12.3. The number of ether oxygens (including phenoxy) is 2. The highest BCUT2D eigenvalue weighted by atomic mass is 16.5. The first-order valence-corrected chi connectivity index (χ1v) is 7.93. The maximum Gasteiger partial charge on any atom is 0.268 e. The molecule has 0 unspecified atom stereocenters. The number of hydrogen-bond acceptors (Lipinski definition) is 5. The summed E-state index contributed by atoms with van der Waals surface area (Å²) in [7, 11) is 3.10. The van der Waals surface area contributed by atoms with E-state index in [9.17, 15) is 9.59 Å². The summed E-state index contributed by atoms with van der Waals surface area (Å²) >= 11 is 0. The van der Waals surface area contributed by atoms with E-state index in [1.165, 1.54) is 6.26 Å². The van der Waals surface area contributed by atoms with Crippen molar-refractivity contribution in [2.75, 3.05) is 20.8 Å². The maximum absolute atomic E-state index is 12.3. The van der Waals surface area contributed by atoms with Crippen molar-refractivity contribution >= 4 is 22.7 Å². The van der Waals surface area contributed by atoms with E-state index in [2.05, 4.69) is 15.6 Å². The van der Waals surface area contributed by atoms with Crippen molar-refractivity contribution in [2.45, 2.75) is 6.54 Å². The zero-order chi connectivity index (χ0) is 18.5. The van der Waals surface area contributed by atoms with E-state index >= 15 is 0 Å². The largest absolute Gasteiger partial charge is 0.496 e. The average Bonchev–Trinajstić information content (AvgIpc) is 3.33. The summed E-state index contributed by atoms with van der Waals surface area (Å²) in [6, 6.07) is 8.67. The van der Waals surface area contributed by atoms with E-state index in [0.29, 0.717) is 28.5 Å². The van der Waals surface area contributed by atoms with Crippen LogP contribution in [0.3, 0.4) is 0 Å². The molecule has 0 saturated carbocycles. The second-order valence-electron chi connectivity index (χ2n) is 5.48. The second-order valence-corrected chi connectivity index (χ2v) is 5.48. The van der Waals surface area contributed by atoms with Gasteiger partial charge in [-0.05, 0) is 30.3 Å². The van der Waals surface area contributed by atoms with Gasteiger partial charge in [0, 0.05) is 5.39 Å². The molecule has 0 aliphatic rings. The number of nitrogens with one attached hydrogen (secondary N) is 3. The van der Waals surface area contributed by atoms with Crippen LogP contribution in [0.2, 0.25) is 0 Å². The van der Waals surface area contributed by atoms with E-state index < -0.39 is 5.91 Å². The molecule has 0 fully saturated rings. The normalized spacial score (nSPS) is 10.5. The highest BCUT2D eigenvalue weighted by molar-refractivity contribution is 6.02. The monoisotopic (exact) mass is 357 g/mol. The standard InChI is InChI=1S/C18H19N3O5/c1-24-14-5-6-15(25-2)17-12(14)8-13(21-17)18(23)20-10-16(22)19-9-11-4-3-7-26-11/h3-8,21H,9-10H2,1-2H3,(H,19,22)(H,20,23). The van der Waals surface area contributed by atoms with Crippen LogP contribution in [-0.4, -0.2) is 37.6 Å². The Hall–Kier alpha value is -3.42. The minimum atomic E-state index is -0.404. The molecule has 2 heterocycles. The number of carbonyl (C=O) groups excluding carboxylic acids is 2. The summed E-state index contributed by atoms with van der Waals surface area (Å²) in [5.74, 6) is 1.13. The molecule has 3 rings (SSSR count). The van der Waals surface area contributed by atoms with Crippen molar-refractivity contribution < 1.29 is 23.5 Å². The van der Waals surface area contributed by atoms with Crippen molar-refractivity contribution in [3.05, 3.63) is 48.0 Å². The fraction of sp³-hybridized carbons (Fsp3) is 0.222. The molecule has 26 heavy (non-hydrogen) atoms. The van der Waals surface area contributed by atoms with E-state index in [4.69, 9.17) is 13.9 Å². The van der Waals surface area contributed by atoms with Crippen molar-refractivity contribution in [1.29, 1.82) is 0 Å². The molecule has 0 aliphatic heterocycles. The molecule has 136 valence electrons. The van der Waals surface area contributed by atoms with Crippen LogP contribution in [0.15, 0.2) is 41.0 Å². The van der Waals surface area contributed by atoms with Crippen LogP contribution >= 0.6 is 0 Å². The first kappa shape index (κ1) is 17.4. The number of hydrogen-bond donors (Lipinski definition) is 3. The predicted molar refractivity (Wildman–Crippen MR) is 94.3 cm³/mol. The SMILES string of the molecule is COc1ccc(OC)c2[nH]c(C(=O)NCC(=O)NCc3ccco3)cc12. The number of rotatable bonds is 7. The molecule has 0 bridgehead atoms. The Morgan fingerprint density at radius 3 is 2.58 bits per heavy atom. The highest BCUT2D eigenvalue weighted by Crippen LogP contribution is 2.33. The Kier molecular flexibility index (Phi) is 5.12. The Morgan fingerprint density at radius 2 is 1.88 bits per heavy atom. The molecule has 0 radical (unpaired) electrons. The van der Waals surface area contributed by atoms with Gasteiger partial charge in [-0.15, -0.1) is 0 Å². The van der Waals surface area contributed by atoms with Gasteiger partial charge in [0.15, 0.2) is 0 Å². The van der Waals surface area contributed by atoms with Gasteiger partial charge >= 0.3 is 0 Å². The summed E-state index contributed by atoms with van der Waals surface area (Å²) in [5.41, 5.74) is 0.959. The summed E-state index contributed by atoms with van der Waals surface area (Å²) in [6.07, 6.45) is 1.53. The molecule has 0 spiro atoms. The molecule has 2 aromatic heterocycles. The van der Waals surface area contributed by atoms with Gasteiger partial charge in [-0.3, -0.25) is 9.59 Å². The number of amides is 2. The molecule has 0 atom stereocenters. The third-order valence-corrected chi connectivity index (χ3v) is 3.85. The van der Waals surface area contributed by atoms with Crippen molar-refractivity contribution in [2.24, 2.45) is 0 Å². The van der Waals surface area contributed by atoms with Gasteiger partial charge in [0.25, 0.3) is 5.91 Å². The number of fused-ring (bicyclic) bond motifs is 1. The van der Waals surface area contributed by atoms with Gasteiger partial charge in [0.2, 0.25) is 5.91 Å². The van der Waals surface area contributed by atoms with Crippen LogP contribution < -0.4 is 20.1 Å². The summed E-state index contributed by atoms with van der Waals surface area (Å²) in [5, 5.41) is 5.95. The highest BCUT2D eigenvalue weighted by Gasteiger charge is 2.16. The predicted octanol–water partition coefficient (Wildman–Crippen LogP) is 1.82. The molecule has 3 aromatic rings. The van der Waals surface area contributed by atoms with Crippen LogP contribution in [0, 0.1) is 0 Å². The Morgan fingerprint density at radius 1 is 1.12 bits per heavy atom. The van der Waals surface area contributed by atoms with Crippen LogP contribution in [0.1, 0.15) is 16.2 Å². The fourth-order valence-electron chi connectivity index (χ4n) is 2.56. The van der Waals surface area contributed by atoms with Gasteiger partial charge in [-0.25, -0.2) is 0 Å². The molecule has 3 N–H and O–H groups in total. The lowest BCUT2D eigenvalue weighted by Gasteiger charge is -2.05. The minimum Gasteiger partial charge on any atom is -0.496 e. The Labute approximate surface area is 149 Å². The first-order valence-electron chi connectivity index (χ1n) is 7.93. The van der Waals surface area contributed by atoms with E-state index in [1.54, 1.807) is 44.6 Å². The van der Waals surface area contributed by atoms with Gasteiger partial charge < -0.3 is 29.5 Å². The molecule has 1 aromatic carbocycles. The van der Waals surface area contributed by atoms with Gasteiger partial charge in [-0.1, -0.05) is 0 Å². The average molecular weight is 357 g/mol. The molecular formula is C18H19N3O5. The third-order valence-electron chi connectivity index (χ3n) is 3.85. The Balaban J connectivity index is 1.65. The number of aromatic amines is 1. The van der Waals surface area contributed by atoms with Crippen LogP contribution in [0.25, 0.3) is 10.9 Å². The number of aromatic nitrogens is 1. The zero-order valence-corrected chi connectivity index (χ0v) is 14.4. The summed E-state index contributed by atoms with van der Waals surface area (Å²) in [6.45, 7) is 0.117.